The number of rotatable bonds is 7. The first-order chi connectivity index (χ1) is 12.4. The molecule has 0 aliphatic rings. The molecule has 0 saturated heterocycles. The van der Waals surface area contributed by atoms with Gasteiger partial charge in [0.2, 0.25) is 12.0 Å². The summed E-state index contributed by atoms with van der Waals surface area (Å²) in [7, 11) is 0. The van der Waals surface area contributed by atoms with E-state index in [4.69, 9.17) is 9.36 Å². The fourth-order valence-corrected chi connectivity index (χ4v) is 2.13. The minimum absolute atomic E-state index is 0.134. The van der Waals surface area contributed by atoms with Crippen LogP contribution in [0.15, 0.2) is 40.0 Å². The molecule has 1 aromatic heterocycles. The van der Waals surface area contributed by atoms with Gasteiger partial charge in [-0.3, -0.25) is 9.59 Å². The number of carbonyl (C=O) groups is 2. The molecule has 0 aliphatic heterocycles. The fraction of sp³-hybridized carbons (Fsp3) is 0.333. The van der Waals surface area contributed by atoms with Crippen LogP contribution in [0.4, 0.5) is 11.5 Å². The summed E-state index contributed by atoms with van der Waals surface area (Å²) in [6, 6.07) is 8.79. The van der Waals surface area contributed by atoms with Gasteiger partial charge in [0, 0.05) is 18.7 Å². The lowest BCUT2D eigenvalue weighted by Gasteiger charge is -2.12. The number of aromatic nitrogens is 1. The minimum atomic E-state index is -0.749. The molecule has 1 heterocycles. The van der Waals surface area contributed by atoms with Crippen molar-refractivity contribution in [2.45, 2.75) is 40.2 Å². The molecular weight excluding hydrogens is 336 g/mol. The Morgan fingerprint density at radius 2 is 1.92 bits per heavy atom. The van der Waals surface area contributed by atoms with Crippen LogP contribution in [-0.4, -0.2) is 28.8 Å². The molecule has 2 amide bonds. The SMILES string of the molecule is CCC(O/N=C(\C)c1ccc(NC(C)=O)cc1)C(=O)Nc1cc(C)on1. The van der Waals surface area contributed by atoms with Gasteiger partial charge in [-0.1, -0.05) is 29.4 Å². The number of nitrogens with zero attached hydrogens (tertiary/aromatic N) is 2. The van der Waals surface area contributed by atoms with Crippen molar-refractivity contribution in [2.24, 2.45) is 5.16 Å². The van der Waals surface area contributed by atoms with Crippen LogP contribution < -0.4 is 10.6 Å². The lowest BCUT2D eigenvalue weighted by Crippen LogP contribution is -2.29. The molecule has 2 rings (SSSR count). The Labute approximate surface area is 151 Å². The number of nitrogens with one attached hydrogen (secondary N) is 2. The zero-order valence-corrected chi connectivity index (χ0v) is 15.2. The van der Waals surface area contributed by atoms with E-state index in [1.807, 2.05) is 19.1 Å². The van der Waals surface area contributed by atoms with E-state index in [9.17, 15) is 9.59 Å². The van der Waals surface area contributed by atoms with E-state index in [1.165, 1.54) is 6.92 Å². The van der Waals surface area contributed by atoms with Crippen LogP contribution in [0.1, 0.15) is 38.5 Å². The van der Waals surface area contributed by atoms with Crippen molar-refractivity contribution < 1.29 is 18.9 Å². The molecule has 8 nitrogen and oxygen atoms in total. The first-order valence-electron chi connectivity index (χ1n) is 8.21. The maximum Gasteiger partial charge on any atom is 0.269 e. The predicted octanol–water partition coefficient (Wildman–Crippen LogP) is 3.10. The fourth-order valence-electron chi connectivity index (χ4n) is 2.13. The summed E-state index contributed by atoms with van der Waals surface area (Å²) in [6.45, 7) is 6.79. The first kappa shape index (κ1) is 19.2. The quantitative estimate of drug-likeness (QED) is 0.584. The summed E-state index contributed by atoms with van der Waals surface area (Å²) in [6.07, 6.45) is -0.304. The summed E-state index contributed by atoms with van der Waals surface area (Å²) in [4.78, 5) is 28.6. The third kappa shape index (κ3) is 5.44. The average Bonchev–Trinajstić information content (AvgIpc) is 3.00. The zero-order chi connectivity index (χ0) is 19.1. The van der Waals surface area contributed by atoms with E-state index < -0.39 is 6.10 Å². The lowest BCUT2D eigenvalue weighted by molar-refractivity contribution is -0.127. The van der Waals surface area contributed by atoms with Gasteiger partial charge in [0.25, 0.3) is 5.91 Å². The zero-order valence-electron chi connectivity index (χ0n) is 15.2. The highest BCUT2D eigenvalue weighted by molar-refractivity contribution is 5.99. The molecule has 1 unspecified atom stereocenters. The average molecular weight is 358 g/mol. The van der Waals surface area contributed by atoms with Crippen molar-refractivity contribution in [2.75, 3.05) is 10.6 Å². The smallest absolute Gasteiger partial charge is 0.269 e. The molecule has 0 spiro atoms. The number of hydrogen-bond acceptors (Lipinski definition) is 6. The molecular formula is C18H22N4O4. The molecule has 0 bridgehead atoms. The van der Waals surface area contributed by atoms with Crippen molar-refractivity contribution in [3.8, 4) is 0 Å². The van der Waals surface area contributed by atoms with Crippen LogP contribution in [0.3, 0.4) is 0 Å². The van der Waals surface area contributed by atoms with E-state index in [0.29, 0.717) is 29.4 Å². The van der Waals surface area contributed by atoms with Gasteiger partial charge < -0.3 is 20.0 Å². The number of aryl methyl sites for hydroxylation is 1. The third-order valence-corrected chi connectivity index (χ3v) is 3.48. The van der Waals surface area contributed by atoms with Crippen LogP contribution in [0.25, 0.3) is 0 Å². The number of hydrogen-bond donors (Lipinski definition) is 2. The van der Waals surface area contributed by atoms with Gasteiger partial charge in [-0.15, -0.1) is 0 Å². The van der Waals surface area contributed by atoms with Crippen LogP contribution >= 0.6 is 0 Å². The number of benzene rings is 1. The van der Waals surface area contributed by atoms with Crippen molar-refractivity contribution in [3.05, 3.63) is 41.7 Å². The number of anilines is 2. The molecule has 138 valence electrons. The monoisotopic (exact) mass is 358 g/mol. The largest absolute Gasteiger partial charge is 0.382 e. The highest BCUT2D eigenvalue weighted by atomic mass is 16.6. The van der Waals surface area contributed by atoms with Crippen LogP contribution in [-0.2, 0) is 14.4 Å². The van der Waals surface area contributed by atoms with Gasteiger partial charge in [-0.25, -0.2) is 0 Å². The van der Waals surface area contributed by atoms with Crippen LogP contribution in [0, 0.1) is 6.92 Å². The van der Waals surface area contributed by atoms with Gasteiger partial charge in [0.1, 0.15) is 5.76 Å². The van der Waals surface area contributed by atoms with Crippen LogP contribution in [0.5, 0.6) is 0 Å². The van der Waals surface area contributed by atoms with E-state index in [2.05, 4.69) is 20.9 Å². The normalized spacial score (nSPS) is 12.4. The van der Waals surface area contributed by atoms with Gasteiger partial charge >= 0.3 is 0 Å². The van der Waals surface area contributed by atoms with Crippen molar-refractivity contribution in [3.63, 3.8) is 0 Å². The van der Waals surface area contributed by atoms with Crippen molar-refractivity contribution in [1.29, 1.82) is 0 Å². The summed E-state index contributed by atoms with van der Waals surface area (Å²) in [5.74, 6) is 0.457. The summed E-state index contributed by atoms with van der Waals surface area (Å²) in [5.41, 5.74) is 2.13. The number of carbonyl (C=O) groups excluding carboxylic acids is 2. The van der Waals surface area contributed by atoms with E-state index >= 15 is 0 Å². The molecule has 1 atom stereocenters. The number of amides is 2. The molecule has 0 saturated carbocycles. The highest BCUT2D eigenvalue weighted by Crippen LogP contribution is 2.12. The Morgan fingerprint density at radius 1 is 1.23 bits per heavy atom. The first-order valence-corrected chi connectivity index (χ1v) is 8.21. The highest BCUT2D eigenvalue weighted by Gasteiger charge is 2.19. The maximum atomic E-state index is 12.2. The Kier molecular flexibility index (Phi) is 6.48. The molecule has 8 heteroatoms. The molecule has 0 radical (unpaired) electrons. The van der Waals surface area contributed by atoms with Crippen molar-refractivity contribution >= 4 is 29.0 Å². The van der Waals surface area contributed by atoms with Crippen LogP contribution in [0.2, 0.25) is 0 Å². The Hall–Kier alpha value is -3.16. The maximum absolute atomic E-state index is 12.2. The minimum Gasteiger partial charge on any atom is -0.382 e. The van der Waals surface area contributed by atoms with Gasteiger partial charge in [-0.2, -0.15) is 0 Å². The Morgan fingerprint density at radius 3 is 2.46 bits per heavy atom. The van der Waals surface area contributed by atoms with Gasteiger partial charge in [0.15, 0.2) is 5.82 Å². The molecule has 1 aromatic carbocycles. The topological polar surface area (TPSA) is 106 Å². The second-order valence-corrected chi connectivity index (χ2v) is 5.75. The second-order valence-electron chi connectivity index (χ2n) is 5.75. The number of oxime groups is 1. The van der Waals surface area contributed by atoms with E-state index in [-0.39, 0.29) is 11.8 Å². The van der Waals surface area contributed by atoms with Gasteiger partial charge in [0.05, 0.1) is 5.71 Å². The Bertz CT molecular complexity index is 796. The molecule has 0 aliphatic carbocycles. The summed E-state index contributed by atoms with van der Waals surface area (Å²) < 4.78 is 4.91. The van der Waals surface area contributed by atoms with Gasteiger partial charge in [-0.05, 0) is 38.0 Å². The molecule has 0 fully saturated rings. The standard InChI is InChI=1S/C18H22N4O4/c1-5-16(18(24)20-17-10-11(2)25-22-17)26-21-12(3)14-6-8-15(9-7-14)19-13(4)23/h6-10,16H,5H2,1-4H3,(H,19,23)(H,20,22,24)/b21-12+. The lowest BCUT2D eigenvalue weighted by atomic mass is 10.1. The molecule has 2 N–H and O–H groups in total. The summed E-state index contributed by atoms with van der Waals surface area (Å²) in [5, 5.41) is 13.1. The second kappa shape index (κ2) is 8.80. The molecule has 26 heavy (non-hydrogen) atoms. The predicted molar refractivity (Wildman–Crippen MR) is 98.0 cm³/mol. The van der Waals surface area contributed by atoms with Crippen molar-refractivity contribution in [1.82, 2.24) is 5.16 Å². The van der Waals surface area contributed by atoms with E-state index in [0.717, 1.165) is 5.56 Å². The molecule has 2 aromatic rings. The third-order valence-electron chi connectivity index (χ3n) is 3.48. The van der Waals surface area contributed by atoms with E-state index in [1.54, 1.807) is 32.0 Å². The summed E-state index contributed by atoms with van der Waals surface area (Å²) >= 11 is 0. The Balaban J connectivity index is 1.98.